The Hall–Kier alpha value is -3.17. The van der Waals surface area contributed by atoms with Gasteiger partial charge in [-0.3, -0.25) is 4.98 Å². The first-order valence-corrected chi connectivity index (χ1v) is 11.8. The molecule has 7 rings (SSSR count). The van der Waals surface area contributed by atoms with Crippen LogP contribution >= 0.6 is 0 Å². The van der Waals surface area contributed by atoms with Crippen LogP contribution in [0.3, 0.4) is 0 Å². The van der Waals surface area contributed by atoms with Crippen molar-refractivity contribution < 1.29 is 4.74 Å². The van der Waals surface area contributed by atoms with E-state index >= 15 is 0 Å². The highest BCUT2D eigenvalue weighted by atomic mass is 16.5. The number of nitrogens with zero attached hydrogens (tertiary/aromatic N) is 1. The fourth-order valence-electron chi connectivity index (χ4n) is 6.29. The third-order valence-corrected chi connectivity index (χ3v) is 7.73. The van der Waals surface area contributed by atoms with Crippen molar-refractivity contribution >= 4 is 10.9 Å². The molecule has 1 N–H and O–H groups in total. The molecule has 3 unspecified atom stereocenters. The number of hydrogen-bond donors (Lipinski definition) is 1. The van der Waals surface area contributed by atoms with Crippen LogP contribution in [-0.2, 0) is 0 Å². The highest BCUT2D eigenvalue weighted by molar-refractivity contribution is 5.83. The van der Waals surface area contributed by atoms with Gasteiger partial charge in [0.05, 0.1) is 5.52 Å². The van der Waals surface area contributed by atoms with E-state index in [0.717, 1.165) is 33.5 Å². The Labute approximate surface area is 188 Å². The van der Waals surface area contributed by atoms with Gasteiger partial charge in [0.15, 0.2) is 0 Å². The lowest BCUT2D eigenvalue weighted by atomic mass is 9.73. The molecule has 0 amide bonds. The first kappa shape index (κ1) is 18.4. The van der Waals surface area contributed by atoms with Crippen molar-refractivity contribution in [3.05, 3.63) is 90.1 Å². The first-order valence-electron chi connectivity index (χ1n) is 11.8. The normalized spacial score (nSPS) is 25.8. The molecule has 3 aliphatic heterocycles. The minimum absolute atomic E-state index is 0.406. The Balaban J connectivity index is 1.32. The zero-order chi connectivity index (χ0) is 21.1. The van der Waals surface area contributed by atoms with E-state index in [4.69, 9.17) is 4.74 Å². The topological polar surface area (TPSA) is 34.1 Å². The summed E-state index contributed by atoms with van der Waals surface area (Å²) >= 11 is 0. The number of para-hydroxylation sites is 2. The molecule has 3 aromatic carbocycles. The van der Waals surface area contributed by atoms with Crippen LogP contribution in [0.25, 0.3) is 22.0 Å². The van der Waals surface area contributed by atoms with E-state index in [2.05, 4.69) is 77.0 Å². The van der Waals surface area contributed by atoms with E-state index in [1.807, 2.05) is 12.3 Å². The zero-order valence-electron chi connectivity index (χ0n) is 18.0. The van der Waals surface area contributed by atoms with Crippen molar-refractivity contribution in [1.82, 2.24) is 10.3 Å². The van der Waals surface area contributed by atoms with Crippen LogP contribution in [-0.4, -0.2) is 17.1 Å². The lowest BCUT2D eigenvalue weighted by molar-refractivity contribution is 0.267. The molecule has 2 saturated heterocycles. The Kier molecular flexibility index (Phi) is 4.13. The number of aromatic nitrogens is 1. The molecular weight excluding hydrogens is 392 g/mol. The Morgan fingerprint density at radius 1 is 0.750 bits per heavy atom. The summed E-state index contributed by atoms with van der Waals surface area (Å²) in [6, 6.07) is 27.3. The summed E-state index contributed by atoms with van der Waals surface area (Å²) in [4.78, 5) is 4.67. The van der Waals surface area contributed by atoms with Crippen molar-refractivity contribution in [1.29, 1.82) is 0 Å². The summed E-state index contributed by atoms with van der Waals surface area (Å²) in [6.07, 6.45) is 7.14. The van der Waals surface area contributed by atoms with Crippen LogP contribution in [0.5, 0.6) is 11.5 Å². The molecule has 3 nitrogen and oxygen atoms in total. The van der Waals surface area contributed by atoms with Crippen molar-refractivity contribution in [2.24, 2.45) is 5.92 Å². The van der Waals surface area contributed by atoms with Gasteiger partial charge in [0.25, 0.3) is 0 Å². The third kappa shape index (κ3) is 2.96. The largest absolute Gasteiger partial charge is 0.457 e. The number of rotatable bonds is 2. The van der Waals surface area contributed by atoms with Crippen LogP contribution in [0.2, 0.25) is 0 Å². The Bertz CT molecular complexity index is 1320. The van der Waals surface area contributed by atoms with Crippen molar-refractivity contribution in [2.45, 2.75) is 43.7 Å². The second kappa shape index (κ2) is 7.18. The highest BCUT2D eigenvalue weighted by Gasteiger charge is 2.41. The van der Waals surface area contributed by atoms with Gasteiger partial charge < -0.3 is 10.1 Å². The lowest BCUT2D eigenvalue weighted by Gasteiger charge is -2.38. The maximum atomic E-state index is 6.48. The number of hydrogen-bond acceptors (Lipinski definition) is 3. The molecule has 32 heavy (non-hydrogen) atoms. The number of fused-ring (bicyclic) bond motifs is 5. The van der Waals surface area contributed by atoms with Crippen LogP contribution < -0.4 is 10.1 Å². The van der Waals surface area contributed by atoms with Crippen LogP contribution in [0, 0.1) is 5.92 Å². The molecule has 0 saturated carbocycles. The predicted octanol–water partition coefficient (Wildman–Crippen LogP) is 6.67. The molecule has 2 bridgehead atoms. The van der Waals surface area contributed by atoms with Gasteiger partial charge in [0.1, 0.15) is 11.5 Å². The monoisotopic (exact) mass is 418 g/mol. The molecular formula is C29H26N2O. The van der Waals surface area contributed by atoms with Crippen LogP contribution in [0.4, 0.5) is 0 Å². The fraction of sp³-hybridized carbons (Fsp3) is 0.276. The molecule has 0 radical (unpaired) electrons. The molecule has 2 fully saturated rings. The van der Waals surface area contributed by atoms with E-state index in [0.29, 0.717) is 23.9 Å². The number of pyridine rings is 1. The summed E-state index contributed by atoms with van der Waals surface area (Å²) < 4.78 is 6.48. The standard InChI is InChI=1S/C29H26N2O/c1-3-7-26-19(5-1)13-21(17-30-26)18-9-12-25-28(16-18)32-27-8-4-2-6-24(27)29(25)20-14-22-10-11-23(15-20)31-22/h1-9,12-13,16-17,20,22-23,29,31H,10-11,14-15H2. The van der Waals surface area contributed by atoms with Crippen LogP contribution in [0.1, 0.15) is 42.7 Å². The maximum absolute atomic E-state index is 6.48. The van der Waals surface area contributed by atoms with E-state index in [9.17, 15) is 0 Å². The second-order valence-electron chi connectivity index (χ2n) is 9.66. The van der Waals surface area contributed by atoms with E-state index in [1.54, 1.807) is 0 Å². The quantitative estimate of drug-likeness (QED) is 0.395. The minimum Gasteiger partial charge on any atom is -0.457 e. The summed E-state index contributed by atoms with van der Waals surface area (Å²) in [5.41, 5.74) is 6.01. The fourth-order valence-corrected chi connectivity index (χ4v) is 6.29. The van der Waals surface area contributed by atoms with Gasteiger partial charge in [-0.15, -0.1) is 0 Å². The van der Waals surface area contributed by atoms with E-state index < -0.39 is 0 Å². The number of piperidine rings is 1. The molecule has 158 valence electrons. The summed E-state index contributed by atoms with van der Waals surface area (Å²) in [5.74, 6) is 3.09. The Morgan fingerprint density at radius 3 is 2.44 bits per heavy atom. The van der Waals surface area contributed by atoms with Gasteiger partial charge in [-0.05, 0) is 61.4 Å². The van der Waals surface area contributed by atoms with Gasteiger partial charge >= 0.3 is 0 Å². The van der Waals surface area contributed by atoms with Crippen molar-refractivity contribution in [2.75, 3.05) is 0 Å². The molecule has 1 aromatic heterocycles. The maximum Gasteiger partial charge on any atom is 0.131 e. The van der Waals surface area contributed by atoms with Gasteiger partial charge in [-0.2, -0.15) is 0 Å². The SMILES string of the molecule is c1ccc2c(c1)Oc1cc(-c3cnc4ccccc4c3)ccc1C2C1CC2CCC(C1)N2. The number of nitrogens with one attached hydrogen (secondary N) is 1. The second-order valence-corrected chi connectivity index (χ2v) is 9.66. The first-order chi connectivity index (χ1) is 15.8. The number of ether oxygens (including phenoxy) is 1. The van der Waals surface area contributed by atoms with E-state index in [1.165, 1.54) is 36.8 Å². The van der Waals surface area contributed by atoms with Crippen LogP contribution in [0.15, 0.2) is 79.0 Å². The Morgan fingerprint density at radius 2 is 1.53 bits per heavy atom. The van der Waals surface area contributed by atoms with Crippen molar-refractivity contribution in [3.63, 3.8) is 0 Å². The molecule has 3 atom stereocenters. The molecule has 0 aliphatic carbocycles. The summed E-state index contributed by atoms with van der Waals surface area (Å²) in [6.45, 7) is 0. The number of benzene rings is 3. The summed E-state index contributed by atoms with van der Waals surface area (Å²) in [7, 11) is 0. The average molecular weight is 419 g/mol. The average Bonchev–Trinajstić information content (AvgIpc) is 3.19. The predicted molar refractivity (Wildman–Crippen MR) is 128 cm³/mol. The smallest absolute Gasteiger partial charge is 0.131 e. The molecule has 3 heteroatoms. The molecule has 3 aliphatic rings. The van der Waals surface area contributed by atoms with Gasteiger partial charge in [-0.25, -0.2) is 0 Å². The molecule has 0 spiro atoms. The van der Waals surface area contributed by atoms with Gasteiger partial charge in [0.2, 0.25) is 0 Å². The third-order valence-electron chi connectivity index (χ3n) is 7.73. The summed E-state index contributed by atoms with van der Waals surface area (Å²) in [5, 5.41) is 4.98. The minimum atomic E-state index is 0.406. The van der Waals surface area contributed by atoms with E-state index in [-0.39, 0.29) is 0 Å². The molecule has 4 heterocycles. The lowest BCUT2D eigenvalue weighted by Crippen LogP contribution is -2.40. The van der Waals surface area contributed by atoms with Crippen molar-refractivity contribution in [3.8, 4) is 22.6 Å². The zero-order valence-corrected chi connectivity index (χ0v) is 18.0. The molecule has 4 aromatic rings. The highest BCUT2D eigenvalue weighted by Crippen LogP contribution is 2.52. The van der Waals surface area contributed by atoms with Gasteiger partial charge in [-0.1, -0.05) is 48.5 Å². The van der Waals surface area contributed by atoms with Gasteiger partial charge in [0, 0.05) is 46.3 Å².